The van der Waals surface area contributed by atoms with Gasteiger partial charge in [0.05, 0.1) is 11.5 Å². The second-order valence-corrected chi connectivity index (χ2v) is 6.48. The van der Waals surface area contributed by atoms with Gasteiger partial charge in [-0.2, -0.15) is 0 Å². The minimum absolute atomic E-state index is 0.0508. The Kier molecular flexibility index (Phi) is 8.97. The lowest BCUT2D eigenvalue weighted by Gasteiger charge is -2.10. The summed E-state index contributed by atoms with van der Waals surface area (Å²) in [6, 6.07) is 12.2. The summed E-state index contributed by atoms with van der Waals surface area (Å²) in [5.74, 6) is -0.686. The zero-order valence-electron chi connectivity index (χ0n) is 17.2. The van der Waals surface area contributed by atoms with E-state index in [1.54, 1.807) is 30.3 Å². The first-order valence-corrected chi connectivity index (χ1v) is 9.73. The molecule has 0 aliphatic rings. The second kappa shape index (κ2) is 11.9. The number of hydrogen-bond acceptors (Lipinski definition) is 6. The van der Waals surface area contributed by atoms with E-state index in [1.807, 2.05) is 0 Å². The lowest BCUT2D eigenvalue weighted by atomic mass is 10.1. The molecule has 2 aromatic carbocycles. The van der Waals surface area contributed by atoms with Crippen LogP contribution in [0.15, 0.2) is 66.9 Å². The van der Waals surface area contributed by atoms with Crippen molar-refractivity contribution in [3.8, 4) is 5.75 Å². The summed E-state index contributed by atoms with van der Waals surface area (Å²) < 4.78 is 10.6. The first-order valence-electron chi connectivity index (χ1n) is 9.73. The van der Waals surface area contributed by atoms with Crippen LogP contribution in [0.5, 0.6) is 5.75 Å². The lowest BCUT2D eigenvalue weighted by molar-refractivity contribution is -0.384. The normalized spacial score (nSPS) is 10.8. The molecule has 0 bridgehead atoms. The van der Waals surface area contributed by atoms with Crippen molar-refractivity contribution in [3.05, 3.63) is 88.1 Å². The molecule has 0 fully saturated rings. The maximum Gasteiger partial charge on any atom is 0.355 e. The van der Waals surface area contributed by atoms with Crippen LogP contribution in [0.25, 0.3) is 6.08 Å². The van der Waals surface area contributed by atoms with E-state index in [2.05, 4.69) is 18.8 Å². The summed E-state index contributed by atoms with van der Waals surface area (Å²) in [4.78, 5) is 35.5. The van der Waals surface area contributed by atoms with Crippen molar-refractivity contribution in [3.63, 3.8) is 0 Å². The van der Waals surface area contributed by atoms with Gasteiger partial charge in [-0.15, -0.1) is 0 Å². The smallest absolute Gasteiger partial charge is 0.355 e. The van der Waals surface area contributed by atoms with Crippen molar-refractivity contribution in [2.75, 3.05) is 13.2 Å². The van der Waals surface area contributed by atoms with Crippen LogP contribution >= 0.6 is 0 Å². The van der Waals surface area contributed by atoms with Crippen LogP contribution < -0.4 is 10.1 Å². The van der Waals surface area contributed by atoms with E-state index in [-0.39, 0.29) is 18.0 Å². The van der Waals surface area contributed by atoms with Gasteiger partial charge in [0.25, 0.3) is 11.6 Å². The average molecular weight is 424 g/mol. The third kappa shape index (κ3) is 7.43. The van der Waals surface area contributed by atoms with Crippen LogP contribution in [0, 0.1) is 10.1 Å². The molecule has 0 saturated carbocycles. The van der Waals surface area contributed by atoms with E-state index in [4.69, 9.17) is 9.47 Å². The second-order valence-electron chi connectivity index (χ2n) is 6.48. The predicted molar refractivity (Wildman–Crippen MR) is 117 cm³/mol. The highest BCUT2D eigenvalue weighted by molar-refractivity contribution is 6.03. The summed E-state index contributed by atoms with van der Waals surface area (Å²) >= 11 is 0. The first-order chi connectivity index (χ1) is 14.9. The van der Waals surface area contributed by atoms with Crippen molar-refractivity contribution >= 4 is 23.6 Å². The van der Waals surface area contributed by atoms with Gasteiger partial charge in [0, 0.05) is 17.7 Å². The number of nitrogens with zero attached hydrogens (tertiary/aromatic N) is 1. The van der Waals surface area contributed by atoms with Crippen LogP contribution in [-0.2, 0) is 9.53 Å². The number of nitro groups is 1. The lowest BCUT2D eigenvalue weighted by Crippen LogP contribution is -2.28. The highest BCUT2D eigenvalue weighted by Crippen LogP contribution is 2.17. The van der Waals surface area contributed by atoms with Gasteiger partial charge in [-0.1, -0.05) is 38.1 Å². The van der Waals surface area contributed by atoms with E-state index in [9.17, 15) is 19.7 Å². The Labute approximate surface area is 180 Å². The number of rotatable bonds is 11. The Morgan fingerprint density at radius 2 is 1.94 bits per heavy atom. The van der Waals surface area contributed by atoms with Gasteiger partial charge in [0.15, 0.2) is 0 Å². The summed E-state index contributed by atoms with van der Waals surface area (Å²) in [6.45, 7) is 6.08. The molecule has 0 saturated heterocycles. The molecular weight excluding hydrogens is 400 g/mol. The predicted octanol–water partition coefficient (Wildman–Crippen LogP) is 4.27. The summed E-state index contributed by atoms with van der Waals surface area (Å²) in [7, 11) is 0. The number of nitro benzene ring substituents is 1. The fourth-order valence-electron chi connectivity index (χ4n) is 2.48. The fourth-order valence-corrected chi connectivity index (χ4v) is 2.48. The third-order valence-electron chi connectivity index (χ3n) is 4.08. The van der Waals surface area contributed by atoms with Gasteiger partial charge in [-0.3, -0.25) is 14.9 Å². The Morgan fingerprint density at radius 3 is 2.58 bits per heavy atom. The van der Waals surface area contributed by atoms with Crippen LogP contribution in [0.1, 0.15) is 35.7 Å². The SMILES string of the molecule is C=CCOC(=O)/C(=C\c1cccc([N+](=O)[O-])c1)NC(=O)c1ccc(OCCCC)cc1. The van der Waals surface area contributed by atoms with E-state index in [1.165, 1.54) is 30.4 Å². The molecule has 31 heavy (non-hydrogen) atoms. The van der Waals surface area contributed by atoms with Gasteiger partial charge in [-0.05, 0) is 42.3 Å². The molecule has 0 radical (unpaired) electrons. The molecule has 0 spiro atoms. The number of non-ortho nitro benzene ring substituents is 1. The molecule has 0 aliphatic heterocycles. The molecule has 162 valence electrons. The molecule has 0 unspecified atom stereocenters. The quantitative estimate of drug-likeness (QED) is 0.144. The summed E-state index contributed by atoms with van der Waals surface area (Å²) in [5.41, 5.74) is 0.372. The Balaban J connectivity index is 2.21. The Bertz CT molecular complexity index is 966. The van der Waals surface area contributed by atoms with Crippen molar-refractivity contribution in [2.45, 2.75) is 19.8 Å². The molecule has 8 nitrogen and oxygen atoms in total. The van der Waals surface area contributed by atoms with Crippen molar-refractivity contribution < 1.29 is 24.0 Å². The molecular formula is C23H24N2O6. The maximum atomic E-state index is 12.6. The molecule has 2 aromatic rings. The van der Waals surface area contributed by atoms with Gasteiger partial charge in [0.2, 0.25) is 0 Å². The van der Waals surface area contributed by atoms with E-state index in [0.717, 1.165) is 12.8 Å². The van der Waals surface area contributed by atoms with Crippen LogP contribution in [0.3, 0.4) is 0 Å². The monoisotopic (exact) mass is 424 g/mol. The number of benzene rings is 2. The van der Waals surface area contributed by atoms with Crippen LogP contribution in [0.2, 0.25) is 0 Å². The maximum absolute atomic E-state index is 12.6. The fraction of sp³-hybridized carbons (Fsp3) is 0.217. The molecule has 0 aliphatic carbocycles. The first kappa shape index (κ1) is 23.3. The number of amides is 1. The molecule has 1 N–H and O–H groups in total. The van der Waals surface area contributed by atoms with Gasteiger partial charge < -0.3 is 14.8 Å². The standard InChI is InChI=1S/C23H24N2O6/c1-3-5-14-30-20-11-9-18(10-12-20)22(26)24-21(23(27)31-13-4-2)16-17-7-6-8-19(15-17)25(28)29/h4,6-12,15-16H,2-3,5,13-14H2,1H3,(H,24,26)/b21-16+. The molecule has 8 heteroatoms. The Hall–Kier alpha value is -3.94. The van der Waals surface area contributed by atoms with E-state index >= 15 is 0 Å². The number of carbonyl (C=O) groups is 2. The number of nitrogens with one attached hydrogen (secondary N) is 1. The number of ether oxygens (including phenoxy) is 2. The summed E-state index contributed by atoms with van der Waals surface area (Å²) in [6.07, 6.45) is 4.66. The summed E-state index contributed by atoms with van der Waals surface area (Å²) in [5, 5.41) is 13.5. The minimum atomic E-state index is -0.792. The number of unbranched alkanes of at least 4 members (excludes halogenated alkanes) is 1. The molecule has 0 aromatic heterocycles. The molecule has 2 rings (SSSR count). The number of esters is 1. The van der Waals surface area contributed by atoms with Crippen molar-refractivity contribution in [1.82, 2.24) is 5.32 Å². The zero-order valence-corrected chi connectivity index (χ0v) is 17.2. The van der Waals surface area contributed by atoms with E-state index < -0.39 is 16.8 Å². The largest absolute Gasteiger partial charge is 0.494 e. The van der Waals surface area contributed by atoms with Gasteiger partial charge >= 0.3 is 5.97 Å². The molecule has 1 amide bonds. The minimum Gasteiger partial charge on any atom is -0.494 e. The highest BCUT2D eigenvalue weighted by atomic mass is 16.6. The average Bonchev–Trinajstić information content (AvgIpc) is 2.77. The molecule has 0 atom stereocenters. The highest BCUT2D eigenvalue weighted by Gasteiger charge is 2.16. The Morgan fingerprint density at radius 1 is 1.19 bits per heavy atom. The molecule has 0 heterocycles. The van der Waals surface area contributed by atoms with Gasteiger partial charge in [-0.25, -0.2) is 4.79 Å². The van der Waals surface area contributed by atoms with E-state index in [0.29, 0.717) is 23.5 Å². The van der Waals surface area contributed by atoms with Crippen molar-refractivity contribution in [1.29, 1.82) is 0 Å². The topological polar surface area (TPSA) is 108 Å². The zero-order chi connectivity index (χ0) is 22.6. The third-order valence-corrected chi connectivity index (χ3v) is 4.08. The van der Waals surface area contributed by atoms with Crippen molar-refractivity contribution in [2.24, 2.45) is 0 Å². The number of carbonyl (C=O) groups excluding carboxylic acids is 2. The number of hydrogen-bond donors (Lipinski definition) is 1. The van der Waals surface area contributed by atoms with Gasteiger partial charge in [0.1, 0.15) is 18.1 Å². The van der Waals surface area contributed by atoms with Crippen LogP contribution in [0.4, 0.5) is 5.69 Å². The van der Waals surface area contributed by atoms with Crippen LogP contribution in [-0.4, -0.2) is 30.0 Å².